The number of amides is 2. The number of hydrogen-bond donors (Lipinski definition) is 2. The Morgan fingerprint density at radius 1 is 1.20 bits per heavy atom. The number of likely N-dealkylation sites (N-methyl/N-ethyl adjacent to an activating group) is 1. The van der Waals surface area contributed by atoms with Gasteiger partial charge in [0.1, 0.15) is 6.04 Å². The topological polar surface area (TPSA) is 108 Å². The molecule has 10 heteroatoms. The highest BCUT2D eigenvalue weighted by atomic mass is 32.2. The molecule has 2 saturated heterocycles. The molecule has 2 heterocycles. The number of rotatable bonds is 7. The molecule has 9 nitrogen and oxygen atoms in total. The van der Waals surface area contributed by atoms with E-state index >= 15 is 0 Å². The maximum absolute atomic E-state index is 12.6. The Labute approximate surface area is 177 Å². The molecule has 1 aromatic carbocycles. The maximum Gasteiger partial charge on any atom is 0.244 e. The fraction of sp³-hybridized carbons (Fsp3) is 0.600. The summed E-state index contributed by atoms with van der Waals surface area (Å²) in [7, 11) is -1.39. The molecule has 2 atom stereocenters. The van der Waals surface area contributed by atoms with Crippen LogP contribution in [0.25, 0.3) is 0 Å². The van der Waals surface area contributed by atoms with Gasteiger partial charge >= 0.3 is 0 Å². The minimum absolute atomic E-state index is 0.0286. The van der Waals surface area contributed by atoms with E-state index in [1.165, 1.54) is 4.90 Å². The second kappa shape index (κ2) is 9.76. The number of sulfone groups is 1. The molecule has 2 fully saturated rings. The Bertz CT molecular complexity index is 852. The highest BCUT2D eigenvalue weighted by molar-refractivity contribution is 7.91. The number of ether oxygens (including phenoxy) is 1. The van der Waals surface area contributed by atoms with Gasteiger partial charge in [0.15, 0.2) is 9.84 Å². The molecule has 2 unspecified atom stereocenters. The lowest BCUT2D eigenvalue weighted by Gasteiger charge is -2.27. The average molecular weight is 439 g/mol. The van der Waals surface area contributed by atoms with Gasteiger partial charge in [0.2, 0.25) is 11.8 Å². The van der Waals surface area contributed by atoms with E-state index in [0.29, 0.717) is 31.9 Å². The number of nitrogens with zero attached hydrogens (tertiary/aromatic N) is 2. The van der Waals surface area contributed by atoms with Crippen LogP contribution in [0.1, 0.15) is 13.3 Å². The monoisotopic (exact) mass is 438 g/mol. The molecule has 2 amide bonds. The lowest BCUT2D eigenvalue weighted by atomic mass is 10.2. The third-order valence-electron chi connectivity index (χ3n) is 5.50. The number of carbonyl (C=O) groups is 2. The quantitative estimate of drug-likeness (QED) is 0.635. The first kappa shape index (κ1) is 22.5. The third kappa shape index (κ3) is 6.16. The smallest absolute Gasteiger partial charge is 0.244 e. The van der Waals surface area contributed by atoms with Crippen molar-refractivity contribution in [3.63, 3.8) is 0 Å². The van der Waals surface area contributed by atoms with Gasteiger partial charge in [-0.3, -0.25) is 14.5 Å². The minimum atomic E-state index is -3.04. The van der Waals surface area contributed by atoms with E-state index in [-0.39, 0.29) is 29.4 Å². The van der Waals surface area contributed by atoms with E-state index in [9.17, 15) is 18.0 Å². The number of benzene rings is 1. The predicted molar refractivity (Wildman–Crippen MR) is 115 cm³/mol. The third-order valence-corrected chi connectivity index (χ3v) is 7.25. The first-order valence-corrected chi connectivity index (χ1v) is 12.0. The normalized spacial score (nSPS) is 22.3. The summed E-state index contributed by atoms with van der Waals surface area (Å²) in [4.78, 5) is 28.4. The molecule has 30 heavy (non-hydrogen) atoms. The Morgan fingerprint density at radius 2 is 1.83 bits per heavy atom. The molecule has 0 spiro atoms. The summed E-state index contributed by atoms with van der Waals surface area (Å²) in [5.41, 5.74) is 1.43. The van der Waals surface area contributed by atoms with Crippen LogP contribution in [0.5, 0.6) is 0 Å². The minimum Gasteiger partial charge on any atom is -0.379 e. The van der Waals surface area contributed by atoms with Gasteiger partial charge in [-0.25, -0.2) is 8.42 Å². The molecule has 3 rings (SSSR count). The zero-order valence-electron chi connectivity index (χ0n) is 17.5. The molecule has 0 aliphatic carbocycles. The largest absolute Gasteiger partial charge is 0.379 e. The van der Waals surface area contributed by atoms with Crippen LogP contribution in [-0.2, 0) is 24.2 Å². The molecular formula is C20H30N4O5S. The van der Waals surface area contributed by atoms with Gasteiger partial charge in [0.25, 0.3) is 0 Å². The molecular weight excluding hydrogens is 408 g/mol. The van der Waals surface area contributed by atoms with Crippen LogP contribution in [-0.4, -0.2) is 93.5 Å². The molecule has 1 aromatic rings. The second-order valence-electron chi connectivity index (χ2n) is 7.89. The van der Waals surface area contributed by atoms with E-state index in [0.717, 1.165) is 18.8 Å². The fourth-order valence-corrected chi connectivity index (χ4v) is 5.47. The average Bonchev–Trinajstić information content (AvgIpc) is 3.08. The van der Waals surface area contributed by atoms with Crippen molar-refractivity contribution in [3.05, 3.63) is 24.3 Å². The van der Waals surface area contributed by atoms with Crippen LogP contribution in [0.3, 0.4) is 0 Å². The molecule has 2 aliphatic rings. The van der Waals surface area contributed by atoms with Crippen molar-refractivity contribution in [2.24, 2.45) is 0 Å². The van der Waals surface area contributed by atoms with Crippen LogP contribution >= 0.6 is 0 Å². The van der Waals surface area contributed by atoms with E-state index in [2.05, 4.69) is 10.6 Å². The first-order chi connectivity index (χ1) is 14.2. The summed E-state index contributed by atoms with van der Waals surface area (Å²) in [6.45, 7) is 4.89. The van der Waals surface area contributed by atoms with E-state index in [1.807, 2.05) is 4.90 Å². The zero-order chi connectivity index (χ0) is 21.7. The van der Waals surface area contributed by atoms with Crippen molar-refractivity contribution < 1.29 is 22.7 Å². The van der Waals surface area contributed by atoms with Gasteiger partial charge in [-0.1, -0.05) is 0 Å². The SMILES string of the molecule is CC(Nc1ccc(NC(=O)CN2CCOCC2)cc1)C(=O)N(C)C1CCS(=O)(=O)C1. The first-order valence-electron chi connectivity index (χ1n) is 10.2. The van der Waals surface area contributed by atoms with Gasteiger partial charge in [-0.2, -0.15) is 0 Å². The Morgan fingerprint density at radius 3 is 2.43 bits per heavy atom. The van der Waals surface area contributed by atoms with E-state index in [1.54, 1.807) is 38.2 Å². The summed E-state index contributed by atoms with van der Waals surface area (Å²) >= 11 is 0. The lowest BCUT2D eigenvalue weighted by molar-refractivity contribution is -0.132. The molecule has 2 N–H and O–H groups in total. The number of morpholine rings is 1. The van der Waals surface area contributed by atoms with Gasteiger partial charge in [0, 0.05) is 37.6 Å². The van der Waals surface area contributed by atoms with Crippen LogP contribution in [0.4, 0.5) is 11.4 Å². The predicted octanol–water partition coefficient (Wildman–Crippen LogP) is 0.403. The molecule has 0 bridgehead atoms. The van der Waals surface area contributed by atoms with Crippen LogP contribution in [0, 0.1) is 0 Å². The molecule has 2 aliphatic heterocycles. The number of anilines is 2. The molecule has 166 valence electrons. The standard InChI is InChI=1S/C20H30N4O5S/c1-15(20(26)23(2)18-7-12-30(27,28)14-18)21-16-3-5-17(6-4-16)22-19(25)13-24-8-10-29-11-9-24/h3-6,15,18,21H,7-14H2,1-2H3,(H,22,25). The number of hydrogen-bond acceptors (Lipinski definition) is 7. The summed E-state index contributed by atoms with van der Waals surface area (Å²) in [6.07, 6.45) is 0.482. The number of carbonyl (C=O) groups excluding carboxylic acids is 2. The Balaban J connectivity index is 1.48. The molecule has 0 radical (unpaired) electrons. The second-order valence-corrected chi connectivity index (χ2v) is 10.1. The van der Waals surface area contributed by atoms with Crippen molar-refractivity contribution in [2.45, 2.75) is 25.4 Å². The summed E-state index contributed by atoms with van der Waals surface area (Å²) in [5, 5.41) is 6.01. The number of nitrogens with one attached hydrogen (secondary N) is 2. The van der Waals surface area contributed by atoms with Crippen molar-refractivity contribution in [1.82, 2.24) is 9.80 Å². The van der Waals surface area contributed by atoms with Gasteiger partial charge in [0.05, 0.1) is 31.3 Å². The molecule has 0 saturated carbocycles. The van der Waals surface area contributed by atoms with Crippen LogP contribution in [0.15, 0.2) is 24.3 Å². The van der Waals surface area contributed by atoms with Gasteiger partial charge in [-0.15, -0.1) is 0 Å². The molecule has 0 aromatic heterocycles. The lowest BCUT2D eigenvalue weighted by Crippen LogP contribution is -2.45. The van der Waals surface area contributed by atoms with Crippen molar-refractivity contribution in [3.8, 4) is 0 Å². The Hall–Kier alpha value is -2.17. The van der Waals surface area contributed by atoms with Gasteiger partial charge in [-0.05, 0) is 37.6 Å². The summed E-state index contributed by atoms with van der Waals surface area (Å²) < 4.78 is 28.6. The summed E-state index contributed by atoms with van der Waals surface area (Å²) in [6, 6.07) is 6.40. The van der Waals surface area contributed by atoms with Crippen LogP contribution < -0.4 is 10.6 Å². The van der Waals surface area contributed by atoms with Crippen molar-refractivity contribution in [1.29, 1.82) is 0 Å². The Kier molecular flexibility index (Phi) is 7.32. The van der Waals surface area contributed by atoms with E-state index < -0.39 is 15.9 Å². The zero-order valence-corrected chi connectivity index (χ0v) is 18.3. The highest BCUT2D eigenvalue weighted by Gasteiger charge is 2.34. The van der Waals surface area contributed by atoms with Gasteiger partial charge < -0.3 is 20.3 Å². The summed E-state index contributed by atoms with van der Waals surface area (Å²) in [5.74, 6) is -0.0642. The van der Waals surface area contributed by atoms with Crippen molar-refractivity contribution in [2.75, 3.05) is 62.0 Å². The van der Waals surface area contributed by atoms with Crippen LogP contribution in [0.2, 0.25) is 0 Å². The maximum atomic E-state index is 12.6. The van der Waals surface area contributed by atoms with E-state index in [4.69, 9.17) is 4.74 Å². The fourth-order valence-electron chi connectivity index (χ4n) is 3.69. The van der Waals surface area contributed by atoms with Crippen molar-refractivity contribution >= 4 is 33.0 Å². The highest BCUT2D eigenvalue weighted by Crippen LogP contribution is 2.19.